The van der Waals surface area contributed by atoms with Crippen molar-refractivity contribution < 1.29 is 4.79 Å². The summed E-state index contributed by atoms with van der Waals surface area (Å²) in [6, 6.07) is 7.44. The fraction of sp³-hybridized carbons (Fsp3) is 0.0500. The van der Waals surface area contributed by atoms with Crippen molar-refractivity contribution >= 4 is 17.3 Å². The highest BCUT2D eigenvalue weighted by Crippen LogP contribution is 2.41. The van der Waals surface area contributed by atoms with Crippen molar-refractivity contribution in [3.05, 3.63) is 98.3 Å². The zero-order valence-corrected chi connectivity index (χ0v) is 13.5. The molecule has 1 aromatic rings. The van der Waals surface area contributed by atoms with Crippen molar-refractivity contribution in [2.45, 2.75) is 0 Å². The van der Waals surface area contributed by atoms with Gasteiger partial charge in [0.05, 0.1) is 11.4 Å². The summed E-state index contributed by atoms with van der Waals surface area (Å²) >= 11 is 0. The van der Waals surface area contributed by atoms with Crippen molar-refractivity contribution in [1.82, 2.24) is 5.32 Å². The molecule has 0 unspecified atom stereocenters. The molecular weight excluding hydrogens is 284 g/mol. The maximum absolute atomic E-state index is 12.0. The van der Waals surface area contributed by atoms with Gasteiger partial charge in [-0.05, 0) is 17.2 Å². The Kier molecular flexibility index (Phi) is 6.56. The van der Waals surface area contributed by atoms with Crippen LogP contribution >= 0.6 is 0 Å². The van der Waals surface area contributed by atoms with E-state index in [2.05, 4.69) is 38.2 Å². The Morgan fingerprint density at radius 3 is 2.22 bits per heavy atom. The number of fused-ring (bicyclic) bond motifs is 1. The molecule has 3 heteroatoms. The van der Waals surface area contributed by atoms with Gasteiger partial charge < -0.3 is 5.32 Å². The number of allylic oxidation sites excluding steroid dienone is 5. The molecule has 23 heavy (non-hydrogen) atoms. The number of hydrogen-bond acceptors (Lipinski definition) is 1. The fourth-order valence-electron chi connectivity index (χ4n) is 2.15. The third-order valence-corrected chi connectivity index (χ3v) is 3.25. The number of carbonyl (C=O) groups excluding carboxylic acids is 1. The first-order valence-electron chi connectivity index (χ1n) is 7.09. The molecule has 0 fully saturated rings. The van der Waals surface area contributed by atoms with E-state index in [1.807, 2.05) is 30.3 Å². The summed E-state index contributed by atoms with van der Waals surface area (Å²) in [6.45, 7) is 18.4. The molecule has 0 aromatic heterocycles. The van der Waals surface area contributed by atoms with E-state index in [1.165, 1.54) is 4.90 Å². The van der Waals surface area contributed by atoms with Crippen LogP contribution in [0.1, 0.15) is 5.56 Å². The van der Waals surface area contributed by atoms with Gasteiger partial charge in [0, 0.05) is 12.6 Å². The average molecular weight is 306 g/mol. The maximum Gasteiger partial charge on any atom is 0.326 e. The van der Waals surface area contributed by atoms with E-state index >= 15 is 0 Å². The van der Waals surface area contributed by atoms with Crippen LogP contribution in [0.5, 0.6) is 0 Å². The molecule has 0 bridgehead atoms. The van der Waals surface area contributed by atoms with Crippen LogP contribution in [-0.4, -0.2) is 13.1 Å². The Hall–Kier alpha value is -3.07. The van der Waals surface area contributed by atoms with Crippen molar-refractivity contribution in [2.75, 3.05) is 11.9 Å². The minimum Gasteiger partial charge on any atom is -0.340 e. The second-order valence-corrected chi connectivity index (χ2v) is 4.62. The van der Waals surface area contributed by atoms with Crippen molar-refractivity contribution in [3.63, 3.8) is 0 Å². The minimum absolute atomic E-state index is 0.226. The normalized spacial score (nSPS) is 14.3. The Morgan fingerprint density at radius 1 is 1.09 bits per heavy atom. The number of rotatable bonds is 2. The number of hydrogen-bond donors (Lipinski definition) is 1. The molecule has 1 N–H and O–H groups in total. The lowest BCUT2D eigenvalue weighted by Gasteiger charge is -2.33. The van der Waals surface area contributed by atoms with Gasteiger partial charge in [-0.25, -0.2) is 4.79 Å². The van der Waals surface area contributed by atoms with Crippen LogP contribution in [0.4, 0.5) is 10.5 Å². The molecule has 1 aromatic carbocycles. The molecule has 1 heterocycles. The second-order valence-electron chi connectivity index (χ2n) is 4.62. The van der Waals surface area contributed by atoms with E-state index in [4.69, 9.17) is 0 Å². The molecule has 0 spiro atoms. The van der Waals surface area contributed by atoms with Crippen molar-refractivity contribution in [1.29, 1.82) is 0 Å². The van der Waals surface area contributed by atoms with Crippen molar-refractivity contribution in [3.8, 4) is 0 Å². The number of carbonyl (C=O) groups is 1. The third kappa shape index (κ3) is 3.77. The van der Waals surface area contributed by atoms with Gasteiger partial charge in [0.25, 0.3) is 0 Å². The first-order chi connectivity index (χ1) is 11.0. The Morgan fingerprint density at radius 2 is 1.70 bits per heavy atom. The van der Waals surface area contributed by atoms with Crippen molar-refractivity contribution in [2.24, 2.45) is 0 Å². The second kappa shape index (κ2) is 8.39. The van der Waals surface area contributed by atoms with E-state index in [-0.39, 0.29) is 6.03 Å². The quantitative estimate of drug-likeness (QED) is 0.779. The molecule has 118 valence electrons. The summed E-state index contributed by atoms with van der Waals surface area (Å²) in [5.74, 6) is 0. The molecule has 3 nitrogen and oxygen atoms in total. The SMILES string of the molecule is C=C/C=C1\C(=C)C(=C)N(C(=O)NC)c2ccccc21.C=CC=C. The van der Waals surface area contributed by atoms with Gasteiger partial charge >= 0.3 is 6.03 Å². The summed E-state index contributed by atoms with van der Waals surface area (Å²) < 4.78 is 0. The van der Waals surface area contributed by atoms with Crippen LogP contribution in [0.2, 0.25) is 0 Å². The summed E-state index contributed by atoms with van der Waals surface area (Å²) in [5.41, 5.74) is 3.99. The molecule has 0 atom stereocenters. The molecule has 1 aliphatic heterocycles. The molecule has 2 rings (SSSR count). The molecule has 1 aliphatic rings. The predicted octanol–water partition coefficient (Wildman–Crippen LogP) is 4.84. The lowest BCUT2D eigenvalue weighted by Crippen LogP contribution is -2.39. The predicted molar refractivity (Wildman–Crippen MR) is 100 cm³/mol. The van der Waals surface area contributed by atoms with E-state index in [0.29, 0.717) is 5.70 Å². The van der Waals surface area contributed by atoms with Gasteiger partial charge in [-0.1, -0.05) is 75.4 Å². The van der Waals surface area contributed by atoms with Crippen LogP contribution in [0, 0.1) is 0 Å². The van der Waals surface area contributed by atoms with E-state index in [9.17, 15) is 4.79 Å². The smallest absolute Gasteiger partial charge is 0.326 e. The number of benzene rings is 1. The Labute approximate surface area is 138 Å². The highest BCUT2D eigenvalue weighted by Gasteiger charge is 2.29. The monoisotopic (exact) mass is 306 g/mol. The molecule has 2 amide bonds. The van der Waals surface area contributed by atoms with Crippen LogP contribution in [-0.2, 0) is 0 Å². The van der Waals surface area contributed by atoms with Gasteiger partial charge in [-0.15, -0.1) is 0 Å². The Balaban J connectivity index is 0.000000593. The lowest BCUT2D eigenvalue weighted by molar-refractivity contribution is 0.249. The van der Waals surface area contributed by atoms with E-state index in [1.54, 1.807) is 25.3 Å². The third-order valence-electron chi connectivity index (χ3n) is 3.25. The molecule has 0 radical (unpaired) electrons. The van der Waals surface area contributed by atoms with Gasteiger partial charge in [0.1, 0.15) is 0 Å². The first kappa shape index (κ1) is 18.0. The summed E-state index contributed by atoms with van der Waals surface area (Å²) in [7, 11) is 1.59. The van der Waals surface area contributed by atoms with Crippen LogP contribution in [0.15, 0.2) is 92.7 Å². The Bertz CT molecular complexity index is 689. The first-order valence-corrected chi connectivity index (χ1v) is 7.09. The molecule has 0 aliphatic carbocycles. The van der Waals surface area contributed by atoms with Gasteiger partial charge in [-0.2, -0.15) is 0 Å². The van der Waals surface area contributed by atoms with Crippen LogP contribution in [0.25, 0.3) is 5.57 Å². The number of amides is 2. The van der Waals surface area contributed by atoms with Crippen LogP contribution < -0.4 is 10.2 Å². The maximum atomic E-state index is 12.0. The largest absolute Gasteiger partial charge is 0.340 e. The molecule has 0 saturated heterocycles. The van der Waals surface area contributed by atoms with Gasteiger partial charge in [0.15, 0.2) is 0 Å². The summed E-state index contributed by atoms with van der Waals surface area (Å²) in [6.07, 6.45) is 6.87. The number of nitrogens with zero attached hydrogens (tertiary/aromatic N) is 1. The van der Waals surface area contributed by atoms with E-state index in [0.717, 1.165) is 22.4 Å². The summed E-state index contributed by atoms with van der Waals surface area (Å²) in [4.78, 5) is 13.6. The molecule has 0 saturated carbocycles. The average Bonchev–Trinajstić information content (AvgIpc) is 2.59. The molecular formula is C20H22N2O. The number of para-hydroxylation sites is 1. The summed E-state index contributed by atoms with van der Waals surface area (Å²) in [5, 5.41) is 2.62. The van der Waals surface area contributed by atoms with E-state index < -0.39 is 0 Å². The number of nitrogens with one attached hydrogen (secondary N) is 1. The number of urea groups is 1. The fourth-order valence-corrected chi connectivity index (χ4v) is 2.15. The van der Waals surface area contributed by atoms with Crippen LogP contribution in [0.3, 0.4) is 0 Å². The topological polar surface area (TPSA) is 32.3 Å². The lowest BCUT2D eigenvalue weighted by atomic mass is 9.90. The van der Waals surface area contributed by atoms with Gasteiger partial charge in [-0.3, -0.25) is 4.90 Å². The number of anilines is 1. The zero-order chi connectivity index (χ0) is 17.4. The van der Waals surface area contributed by atoms with Gasteiger partial charge in [0.2, 0.25) is 0 Å². The minimum atomic E-state index is -0.226. The standard InChI is InChI=1S/C16H16N2O.C4H6/c1-5-8-13-11(2)12(3)18(16(19)17-4)15-10-7-6-9-14(13)15;1-3-4-2/h5-10H,1-3H2,4H3,(H,17,19);3-4H,1-2H2/b13-8+;. The highest BCUT2D eigenvalue weighted by atomic mass is 16.2. The zero-order valence-electron chi connectivity index (χ0n) is 13.5. The highest BCUT2D eigenvalue weighted by molar-refractivity contribution is 6.06.